The molecule has 0 aliphatic carbocycles. The molecule has 0 radical (unpaired) electrons. The van der Waals surface area contributed by atoms with Crippen molar-refractivity contribution in [1.29, 1.82) is 0 Å². The standard InChI is InChI=1S/C12H16FN7O6S/c13-7-1-3-8(4-2-7)15-11(16-22)10-12(19-26-17-10)18-25-6-9(5-21)20-27(14,23)24/h1-4,9,20-22H,5-6H2,(H,15,16)(H,18,19)(H2,14,23,24). The molecule has 7 N–H and O–H groups in total. The second-order valence-corrected chi connectivity index (χ2v) is 6.29. The third-order valence-electron chi connectivity index (χ3n) is 2.89. The highest BCUT2D eigenvalue weighted by Gasteiger charge is 2.18. The van der Waals surface area contributed by atoms with Crippen LogP contribution in [0.15, 0.2) is 33.9 Å². The minimum atomic E-state index is -4.04. The smallest absolute Gasteiger partial charge is 0.274 e. The summed E-state index contributed by atoms with van der Waals surface area (Å²) < 4.78 is 41.3. The summed E-state index contributed by atoms with van der Waals surface area (Å²) in [6.07, 6.45) is 0. The summed E-state index contributed by atoms with van der Waals surface area (Å²) >= 11 is 0. The first-order valence-electron chi connectivity index (χ1n) is 7.18. The fourth-order valence-electron chi connectivity index (χ4n) is 1.75. The number of benzene rings is 1. The molecular formula is C12H16FN7O6S. The number of nitrogens with two attached hydrogens (primary N) is 1. The molecule has 0 spiro atoms. The number of aliphatic hydroxyl groups is 1. The third-order valence-corrected chi connectivity index (χ3v) is 3.55. The summed E-state index contributed by atoms with van der Waals surface area (Å²) in [4.78, 5) is 9.02. The molecule has 0 saturated carbocycles. The number of hydroxylamine groups is 1. The summed E-state index contributed by atoms with van der Waals surface area (Å²) in [6.45, 7) is -0.923. The van der Waals surface area contributed by atoms with Crippen molar-refractivity contribution < 1.29 is 32.6 Å². The van der Waals surface area contributed by atoms with E-state index in [4.69, 9.17) is 15.1 Å². The monoisotopic (exact) mass is 405 g/mol. The van der Waals surface area contributed by atoms with Crippen molar-refractivity contribution in [3.8, 4) is 0 Å². The first-order chi connectivity index (χ1) is 12.8. The van der Waals surface area contributed by atoms with Gasteiger partial charge in [-0.25, -0.2) is 24.6 Å². The van der Waals surface area contributed by atoms with Crippen LogP contribution in [0.1, 0.15) is 5.69 Å². The molecule has 0 aliphatic heterocycles. The van der Waals surface area contributed by atoms with Crippen LogP contribution in [0.25, 0.3) is 0 Å². The largest absolute Gasteiger partial charge is 0.395 e. The molecule has 0 amide bonds. The summed E-state index contributed by atoms with van der Waals surface area (Å²) in [5.74, 6) is -0.780. The number of rotatable bonds is 9. The SMILES string of the molecule is NS(=O)(=O)NC(CO)CONc1nonc1C(=Nc1ccc(F)cc1)NO. The van der Waals surface area contributed by atoms with E-state index in [9.17, 15) is 18.0 Å². The molecule has 15 heteroatoms. The van der Waals surface area contributed by atoms with E-state index in [1.165, 1.54) is 24.3 Å². The van der Waals surface area contributed by atoms with Gasteiger partial charge in [-0.3, -0.25) is 15.5 Å². The van der Waals surface area contributed by atoms with Crippen molar-refractivity contribution in [2.75, 3.05) is 18.7 Å². The Labute approximate surface area is 152 Å². The molecule has 148 valence electrons. The predicted octanol–water partition coefficient (Wildman–Crippen LogP) is -1.24. The minimum absolute atomic E-state index is 0.0956. The van der Waals surface area contributed by atoms with Gasteiger partial charge < -0.3 is 5.11 Å². The summed E-state index contributed by atoms with van der Waals surface area (Å²) in [7, 11) is -4.04. The maximum atomic E-state index is 12.9. The van der Waals surface area contributed by atoms with Gasteiger partial charge in [0.1, 0.15) is 5.82 Å². The van der Waals surface area contributed by atoms with E-state index in [2.05, 4.69) is 25.4 Å². The molecule has 2 rings (SSSR count). The number of hydrogen-bond acceptors (Lipinski definition) is 10. The molecule has 1 aromatic carbocycles. The molecule has 1 atom stereocenters. The zero-order chi connectivity index (χ0) is 19.9. The van der Waals surface area contributed by atoms with Crippen LogP contribution in [0.5, 0.6) is 0 Å². The van der Waals surface area contributed by atoms with Gasteiger partial charge >= 0.3 is 0 Å². The highest BCUT2D eigenvalue weighted by Crippen LogP contribution is 2.16. The van der Waals surface area contributed by atoms with Gasteiger partial charge in [-0.05, 0) is 34.6 Å². The van der Waals surface area contributed by atoms with Crippen LogP contribution >= 0.6 is 0 Å². The molecular weight excluding hydrogens is 389 g/mol. The van der Waals surface area contributed by atoms with Gasteiger partial charge in [-0.15, -0.1) is 0 Å². The van der Waals surface area contributed by atoms with E-state index >= 15 is 0 Å². The molecule has 0 fully saturated rings. The van der Waals surface area contributed by atoms with Gasteiger partial charge in [0, 0.05) is 0 Å². The fourth-order valence-corrected chi connectivity index (χ4v) is 2.36. The first-order valence-corrected chi connectivity index (χ1v) is 8.73. The number of anilines is 1. The van der Waals surface area contributed by atoms with E-state index in [-0.39, 0.29) is 24.0 Å². The molecule has 0 aliphatic rings. The van der Waals surface area contributed by atoms with Crippen LogP contribution in [0.2, 0.25) is 0 Å². The maximum Gasteiger partial charge on any atom is 0.274 e. The number of aliphatic imine (C=N–C) groups is 1. The lowest BCUT2D eigenvalue weighted by Crippen LogP contribution is -2.44. The zero-order valence-corrected chi connectivity index (χ0v) is 14.4. The maximum absolute atomic E-state index is 12.9. The van der Waals surface area contributed by atoms with Gasteiger partial charge in [0.05, 0.1) is 24.9 Å². The highest BCUT2D eigenvalue weighted by atomic mass is 32.2. The predicted molar refractivity (Wildman–Crippen MR) is 88.5 cm³/mol. The van der Waals surface area contributed by atoms with E-state index in [0.29, 0.717) is 5.69 Å². The number of aromatic nitrogens is 2. The minimum Gasteiger partial charge on any atom is -0.395 e. The molecule has 2 aromatic rings. The van der Waals surface area contributed by atoms with Crippen molar-refractivity contribution in [2.45, 2.75) is 6.04 Å². The number of amidine groups is 1. The van der Waals surface area contributed by atoms with Crippen LogP contribution in [-0.2, 0) is 15.0 Å². The summed E-state index contributed by atoms with van der Waals surface area (Å²) in [6, 6.07) is 4.03. The Morgan fingerprint density at radius 1 is 1.37 bits per heavy atom. The van der Waals surface area contributed by atoms with Crippen LogP contribution < -0.4 is 20.8 Å². The van der Waals surface area contributed by atoms with Gasteiger partial charge in [-0.1, -0.05) is 0 Å². The number of aliphatic hydroxyl groups excluding tert-OH is 1. The van der Waals surface area contributed by atoms with E-state index in [1.54, 1.807) is 5.48 Å². The van der Waals surface area contributed by atoms with E-state index in [1.807, 2.05) is 4.72 Å². The van der Waals surface area contributed by atoms with Crippen LogP contribution in [0, 0.1) is 5.82 Å². The molecule has 0 bridgehead atoms. The number of halogens is 1. The van der Waals surface area contributed by atoms with Crippen LogP contribution in [0.3, 0.4) is 0 Å². The van der Waals surface area contributed by atoms with Crippen LogP contribution in [0.4, 0.5) is 15.9 Å². The van der Waals surface area contributed by atoms with Crippen molar-refractivity contribution in [3.63, 3.8) is 0 Å². The van der Waals surface area contributed by atoms with Crippen molar-refractivity contribution in [2.24, 2.45) is 10.1 Å². The Morgan fingerprint density at radius 2 is 2.07 bits per heavy atom. The Balaban J connectivity index is 2.06. The molecule has 13 nitrogen and oxygen atoms in total. The number of hydrogen-bond donors (Lipinski definition) is 6. The van der Waals surface area contributed by atoms with E-state index < -0.39 is 28.7 Å². The van der Waals surface area contributed by atoms with Gasteiger partial charge in [0.2, 0.25) is 5.82 Å². The lowest BCUT2D eigenvalue weighted by Gasteiger charge is -2.14. The number of nitrogens with one attached hydrogen (secondary N) is 3. The Bertz CT molecular complexity index is 873. The Kier molecular flexibility index (Phi) is 7.11. The molecule has 27 heavy (non-hydrogen) atoms. The fraction of sp³-hybridized carbons (Fsp3) is 0.250. The second kappa shape index (κ2) is 9.31. The molecule has 0 saturated heterocycles. The summed E-state index contributed by atoms with van der Waals surface area (Å²) in [5.41, 5.74) is 4.30. The highest BCUT2D eigenvalue weighted by molar-refractivity contribution is 7.87. The summed E-state index contributed by atoms with van der Waals surface area (Å²) in [5, 5.41) is 30.2. The zero-order valence-electron chi connectivity index (χ0n) is 13.5. The lowest BCUT2D eigenvalue weighted by atomic mass is 10.3. The number of nitrogens with zero attached hydrogens (tertiary/aromatic N) is 3. The molecule has 1 unspecified atom stereocenters. The average molecular weight is 405 g/mol. The van der Waals surface area contributed by atoms with E-state index in [0.717, 1.165) is 0 Å². The Morgan fingerprint density at radius 3 is 2.67 bits per heavy atom. The average Bonchev–Trinajstić information content (AvgIpc) is 3.07. The molecule has 1 aromatic heterocycles. The van der Waals surface area contributed by atoms with Crippen molar-refractivity contribution in [1.82, 2.24) is 20.5 Å². The van der Waals surface area contributed by atoms with Crippen LogP contribution in [-0.4, -0.2) is 54.1 Å². The Hall–Kier alpha value is -2.69. The lowest BCUT2D eigenvalue weighted by molar-refractivity contribution is 0.134. The van der Waals surface area contributed by atoms with Gasteiger partial charge in [0.15, 0.2) is 11.5 Å². The second-order valence-electron chi connectivity index (χ2n) is 4.97. The topological polar surface area (TPSA) is 197 Å². The quantitative estimate of drug-likeness (QED) is 0.167. The van der Waals surface area contributed by atoms with Gasteiger partial charge in [0.25, 0.3) is 10.2 Å². The van der Waals surface area contributed by atoms with Crippen molar-refractivity contribution in [3.05, 3.63) is 35.8 Å². The van der Waals surface area contributed by atoms with Gasteiger partial charge in [-0.2, -0.15) is 13.1 Å². The third kappa shape index (κ3) is 6.51. The van der Waals surface area contributed by atoms with Crippen molar-refractivity contribution >= 4 is 27.6 Å². The molecule has 1 heterocycles. The first kappa shape index (κ1) is 20.6. The normalized spacial score (nSPS) is 13.4.